The molecular weight excluding hydrogens is 214 g/mol. The van der Waals surface area contributed by atoms with Crippen LogP contribution in [-0.4, -0.2) is 10.9 Å². The molecule has 0 spiro atoms. The highest BCUT2D eigenvalue weighted by Crippen LogP contribution is 2.40. The van der Waals surface area contributed by atoms with Gasteiger partial charge in [0.2, 0.25) is 0 Å². The number of hydrogen-bond donors (Lipinski definition) is 1. The molecule has 0 saturated heterocycles. The Balaban J connectivity index is 3.41. The van der Waals surface area contributed by atoms with Crippen molar-refractivity contribution in [1.29, 1.82) is 0 Å². The largest absolute Gasteiger partial charge is 0.394 e. The normalized spacial score (nSPS) is 30.1. The Hall–Kier alpha value is -1.04. The molecule has 0 aromatic heterocycles. The molecule has 0 aromatic carbocycles. The molecule has 72 valence electrons. The molecule has 0 amide bonds. The topological polar surface area (TPSA) is 43.1 Å². The maximum atomic E-state index is 12.7. The van der Waals surface area contributed by atoms with Crippen LogP contribution in [0, 0.1) is 0 Å². The molecule has 0 aliphatic heterocycles. The van der Waals surface area contributed by atoms with Gasteiger partial charge in [-0.2, -0.15) is 0 Å². The van der Waals surface area contributed by atoms with Crippen LogP contribution in [0.3, 0.4) is 0 Å². The van der Waals surface area contributed by atoms with Gasteiger partial charge in [0.25, 0.3) is 5.78 Å². The summed E-state index contributed by atoms with van der Waals surface area (Å²) < 4.78 is 50.3. The third-order valence-electron chi connectivity index (χ3n) is 1.43. The highest BCUT2D eigenvalue weighted by atomic mass is 35.5. The van der Waals surface area contributed by atoms with E-state index in [4.69, 9.17) is 0 Å². The first-order valence-electron chi connectivity index (χ1n) is 2.94. The summed E-state index contributed by atoms with van der Waals surface area (Å²) in [6, 6.07) is 0. The fourth-order valence-corrected chi connectivity index (χ4v) is 0.878. The van der Waals surface area contributed by atoms with Crippen LogP contribution in [-0.2, 0) is 4.79 Å². The number of Topliss-reactive ketones (excluding diaryl/α,β-unsaturated/α-hetero) is 1. The maximum absolute atomic E-state index is 12.7. The van der Waals surface area contributed by atoms with Crippen molar-refractivity contribution in [1.82, 2.24) is 0 Å². The fourth-order valence-electron chi connectivity index (χ4n) is 0.712. The molecule has 2 nitrogen and oxygen atoms in total. The molecule has 0 heterocycles. The lowest BCUT2D eigenvalue weighted by Gasteiger charge is -2.18. The third-order valence-corrected chi connectivity index (χ3v) is 1.76. The molecule has 0 radical (unpaired) electrons. The predicted molar refractivity (Wildman–Crippen MR) is 36.3 cm³/mol. The Morgan fingerprint density at radius 3 is 2.15 bits per heavy atom. The molecule has 0 saturated carbocycles. The molecule has 1 aliphatic rings. The van der Waals surface area contributed by atoms with Crippen molar-refractivity contribution >= 4 is 17.4 Å². The zero-order valence-corrected chi connectivity index (χ0v) is 6.63. The minimum atomic E-state index is -3.82. The van der Waals surface area contributed by atoms with Crippen LogP contribution in [0.4, 0.5) is 17.6 Å². The number of hydrogen-bond acceptors (Lipinski definition) is 2. The molecule has 0 aromatic rings. The zero-order valence-electron chi connectivity index (χ0n) is 5.88. The van der Waals surface area contributed by atoms with Gasteiger partial charge in [-0.15, -0.1) is 0 Å². The second kappa shape index (κ2) is 2.73. The van der Waals surface area contributed by atoms with Crippen LogP contribution in [0.2, 0.25) is 0 Å². The van der Waals surface area contributed by atoms with Gasteiger partial charge in [0.05, 0.1) is 0 Å². The summed E-state index contributed by atoms with van der Waals surface area (Å²) in [7, 11) is 0. The Morgan fingerprint density at radius 2 is 1.69 bits per heavy atom. The predicted octanol–water partition coefficient (Wildman–Crippen LogP) is 1.76. The zero-order chi connectivity index (χ0) is 10.4. The van der Waals surface area contributed by atoms with Crippen LogP contribution < -0.4 is 5.73 Å². The van der Waals surface area contributed by atoms with E-state index < -0.39 is 34.1 Å². The Morgan fingerprint density at radius 1 is 1.23 bits per heavy atom. The summed E-state index contributed by atoms with van der Waals surface area (Å²) in [5.74, 6) is -8.17. The standard InChI is InChI=1S/C6H2ClF4NO/c7-6(11)4(10)1(8)3(12)2(9)5(6)13/h12H2. The van der Waals surface area contributed by atoms with Crippen LogP contribution in [0.5, 0.6) is 0 Å². The van der Waals surface area contributed by atoms with Crippen molar-refractivity contribution < 1.29 is 22.4 Å². The number of carbonyl (C=O) groups excluding carboxylic acids is 1. The van der Waals surface area contributed by atoms with Gasteiger partial charge in [-0.25, -0.2) is 17.6 Å². The monoisotopic (exact) mass is 215 g/mol. The molecule has 1 rings (SSSR count). The number of allylic oxidation sites excluding steroid dienone is 3. The van der Waals surface area contributed by atoms with Crippen molar-refractivity contribution in [3.05, 3.63) is 23.2 Å². The van der Waals surface area contributed by atoms with Crippen molar-refractivity contribution in [2.24, 2.45) is 5.73 Å². The highest BCUT2D eigenvalue weighted by Gasteiger charge is 2.50. The van der Waals surface area contributed by atoms with Gasteiger partial charge in [-0.1, -0.05) is 11.6 Å². The number of halogens is 5. The van der Waals surface area contributed by atoms with E-state index in [9.17, 15) is 22.4 Å². The number of nitrogens with two attached hydrogens (primary N) is 1. The Kier molecular flexibility index (Phi) is 2.11. The molecule has 1 unspecified atom stereocenters. The quantitative estimate of drug-likeness (QED) is 0.494. The van der Waals surface area contributed by atoms with Crippen LogP contribution in [0.1, 0.15) is 0 Å². The van der Waals surface area contributed by atoms with E-state index in [-0.39, 0.29) is 0 Å². The van der Waals surface area contributed by atoms with Crippen molar-refractivity contribution in [2.45, 2.75) is 5.13 Å². The molecule has 1 atom stereocenters. The Labute approximate surface area is 74.6 Å². The summed E-state index contributed by atoms with van der Waals surface area (Å²) in [6.45, 7) is 0. The number of rotatable bonds is 0. The molecule has 7 heteroatoms. The Bertz CT molecular complexity index is 347. The van der Waals surface area contributed by atoms with Gasteiger partial charge in [-0.3, -0.25) is 4.79 Å². The first-order valence-corrected chi connectivity index (χ1v) is 3.32. The van der Waals surface area contributed by atoms with Crippen molar-refractivity contribution in [2.75, 3.05) is 0 Å². The van der Waals surface area contributed by atoms with Gasteiger partial charge in [0, 0.05) is 0 Å². The summed E-state index contributed by atoms with van der Waals surface area (Å²) in [6.07, 6.45) is 0. The number of alkyl halides is 2. The molecule has 0 bridgehead atoms. The number of ketones is 1. The van der Waals surface area contributed by atoms with E-state index in [0.717, 1.165) is 0 Å². The highest BCUT2D eigenvalue weighted by molar-refractivity contribution is 6.38. The molecule has 13 heavy (non-hydrogen) atoms. The van der Waals surface area contributed by atoms with E-state index >= 15 is 0 Å². The van der Waals surface area contributed by atoms with E-state index in [1.54, 1.807) is 0 Å². The first-order chi connectivity index (χ1) is 5.80. The van der Waals surface area contributed by atoms with Crippen molar-refractivity contribution in [3.63, 3.8) is 0 Å². The summed E-state index contributed by atoms with van der Waals surface area (Å²) in [5.41, 5.74) is 3.23. The lowest BCUT2D eigenvalue weighted by atomic mass is 10.1. The summed E-state index contributed by atoms with van der Waals surface area (Å²) >= 11 is 4.61. The molecular formula is C6H2ClF4NO. The van der Waals surface area contributed by atoms with E-state index in [1.165, 1.54) is 0 Å². The number of carbonyl (C=O) groups is 1. The summed E-state index contributed by atoms with van der Waals surface area (Å²) in [4.78, 5) is 10.6. The molecule has 1 aliphatic carbocycles. The lowest BCUT2D eigenvalue weighted by molar-refractivity contribution is -0.123. The van der Waals surface area contributed by atoms with Gasteiger partial charge in [0.1, 0.15) is 5.70 Å². The molecule has 2 N–H and O–H groups in total. The fraction of sp³-hybridized carbons (Fsp3) is 0.167. The summed E-state index contributed by atoms with van der Waals surface area (Å²) in [5, 5.41) is -3.82. The van der Waals surface area contributed by atoms with E-state index in [0.29, 0.717) is 0 Å². The average Bonchev–Trinajstić information content (AvgIpc) is 2.09. The minimum Gasteiger partial charge on any atom is -0.394 e. The van der Waals surface area contributed by atoms with E-state index in [1.807, 2.05) is 0 Å². The third kappa shape index (κ3) is 1.21. The van der Waals surface area contributed by atoms with Gasteiger partial charge < -0.3 is 5.73 Å². The SMILES string of the molecule is NC1=C(F)C(=O)C(F)(Cl)C(F)=C1F. The van der Waals surface area contributed by atoms with Crippen LogP contribution in [0.25, 0.3) is 0 Å². The van der Waals surface area contributed by atoms with Gasteiger partial charge in [0.15, 0.2) is 17.5 Å². The van der Waals surface area contributed by atoms with Gasteiger partial charge >= 0.3 is 5.13 Å². The second-order valence-electron chi connectivity index (χ2n) is 2.26. The lowest BCUT2D eigenvalue weighted by Crippen LogP contribution is -2.34. The van der Waals surface area contributed by atoms with E-state index in [2.05, 4.69) is 17.3 Å². The van der Waals surface area contributed by atoms with Crippen LogP contribution in [0.15, 0.2) is 23.2 Å². The van der Waals surface area contributed by atoms with Crippen molar-refractivity contribution in [3.8, 4) is 0 Å². The maximum Gasteiger partial charge on any atom is 0.302 e. The van der Waals surface area contributed by atoms with Crippen LogP contribution >= 0.6 is 11.6 Å². The minimum absolute atomic E-state index is 1.38. The van der Waals surface area contributed by atoms with Gasteiger partial charge in [-0.05, 0) is 0 Å². The second-order valence-corrected chi connectivity index (χ2v) is 2.78. The first kappa shape index (κ1) is 10.0. The smallest absolute Gasteiger partial charge is 0.302 e. The average molecular weight is 216 g/mol. The molecule has 0 fully saturated rings.